The van der Waals surface area contributed by atoms with Gasteiger partial charge in [0.15, 0.2) is 0 Å². The normalized spacial score (nSPS) is 12.1. The van der Waals surface area contributed by atoms with E-state index in [1.54, 1.807) is 6.08 Å². The highest BCUT2D eigenvalue weighted by atomic mass is 16.1. The Kier molecular flexibility index (Phi) is 2.88. The van der Waals surface area contributed by atoms with E-state index in [1.807, 2.05) is 6.92 Å². The summed E-state index contributed by atoms with van der Waals surface area (Å²) in [6, 6.07) is 6.34. The molecular weight excluding hydrogens is 210 g/mol. The van der Waals surface area contributed by atoms with Crippen molar-refractivity contribution in [3.05, 3.63) is 41.1 Å². The highest BCUT2D eigenvalue weighted by Gasteiger charge is 2.08. The number of fused-ring (bicyclic) bond motifs is 1. The number of rotatable bonds is 2. The van der Waals surface area contributed by atoms with E-state index in [1.165, 1.54) is 22.2 Å². The van der Waals surface area contributed by atoms with Crippen LogP contribution < -0.4 is 0 Å². The van der Waals surface area contributed by atoms with Crippen molar-refractivity contribution in [2.45, 2.75) is 20.8 Å². The Balaban J connectivity index is 2.70. The maximum absolute atomic E-state index is 10.5. The SMILES string of the molecule is C/C(=C/C=O)c1ccc2c(c1)c(C)c(C)n2C. The summed E-state index contributed by atoms with van der Waals surface area (Å²) in [4.78, 5) is 10.5. The summed E-state index contributed by atoms with van der Waals surface area (Å²) >= 11 is 0. The zero-order valence-electron chi connectivity index (χ0n) is 10.7. The molecule has 2 aromatic rings. The van der Waals surface area contributed by atoms with Crippen molar-refractivity contribution in [3.8, 4) is 0 Å². The van der Waals surface area contributed by atoms with Gasteiger partial charge in [0.2, 0.25) is 0 Å². The van der Waals surface area contributed by atoms with E-state index in [-0.39, 0.29) is 0 Å². The van der Waals surface area contributed by atoms with Crippen molar-refractivity contribution in [1.29, 1.82) is 0 Å². The van der Waals surface area contributed by atoms with Gasteiger partial charge in [0.1, 0.15) is 6.29 Å². The predicted molar refractivity (Wildman–Crippen MR) is 72.1 cm³/mol. The fraction of sp³-hybridized carbons (Fsp3) is 0.267. The van der Waals surface area contributed by atoms with Crippen LogP contribution >= 0.6 is 0 Å². The van der Waals surface area contributed by atoms with Gasteiger partial charge < -0.3 is 4.57 Å². The molecule has 0 amide bonds. The third-order valence-electron chi connectivity index (χ3n) is 3.58. The first-order chi connectivity index (χ1) is 8.06. The van der Waals surface area contributed by atoms with Crippen molar-refractivity contribution >= 4 is 22.8 Å². The Morgan fingerprint density at radius 2 is 2.00 bits per heavy atom. The Morgan fingerprint density at radius 3 is 2.65 bits per heavy atom. The maximum Gasteiger partial charge on any atom is 0.143 e. The molecule has 2 heteroatoms. The van der Waals surface area contributed by atoms with Gasteiger partial charge in [0.05, 0.1) is 0 Å². The lowest BCUT2D eigenvalue weighted by molar-refractivity contribution is -0.104. The van der Waals surface area contributed by atoms with E-state index in [9.17, 15) is 4.79 Å². The van der Waals surface area contributed by atoms with Gasteiger partial charge in [-0.2, -0.15) is 0 Å². The molecule has 0 spiro atoms. The molecule has 0 saturated carbocycles. The summed E-state index contributed by atoms with van der Waals surface area (Å²) in [6.07, 6.45) is 2.44. The molecule has 0 aliphatic carbocycles. The minimum atomic E-state index is 0.836. The Morgan fingerprint density at radius 1 is 1.29 bits per heavy atom. The molecule has 1 aromatic carbocycles. The van der Waals surface area contributed by atoms with Crippen molar-refractivity contribution < 1.29 is 4.79 Å². The number of hydrogen-bond acceptors (Lipinski definition) is 1. The summed E-state index contributed by atoms with van der Waals surface area (Å²) in [5.74, 6) is 0. The lowest BCUT2D eigenvalue weighted by atomic mass is 10.0. The minimum absolute atomic E-state index is 0.836. The second-order valence-corrected chi connectivity index (χ2v) is 4.49. The van der Waals surface area contributed by atoms with Gasteiger partial charge in [0, 0.05) is 23.6 Å². The first-order valence-corrected chi connectivity index (χ1v) is 5.74. The molecular formula is C15H17NO. The van der Waals surface area contributed by atoms with Crippen LogP contribution in [0.15, 0.2) is 24.3 Å². The standard InChI is InChI=1S/C15H17NO/c1-10(7-8-17)13-5-6-15-14(9-13)11(2)12(3)16(15)4/h5-9H,1-4H3/b10-7-. The summed E-state index contributed by atoms with van der Waals surface area (Å²) in [5, 5.41) is 1.26. The number of nitrogens with zero attached hydrogens (tertiary/aromatic N) is 1. The van der Waals surface area contributed by atoms with Gasteiger partial charge in [-0.3, -0.25) is 4.79 Å². The molecule has 1 heterocycles. The molecule has 0 radical (unpaired) electrons. The smallest absolute Gasteiger partial charge is 0.143 e. The fourth-order valence-corrected chi connectivity index (χ4v) is 2.20. The third-order valence-corrected chi connectivity index (χ3v) is 3.58. The van der Waals surface area contributed by atoms with E-state index < -0.39 is 0 Å². The van der Waals surface area contributed by atoms with E-state index >= 15 is 0 Å². The fourth-order valence-electron chi connectivity index (χ4n) is 2.20. The van der Waals surface area contributed by atoms with Crippen LogP contribution in [0.25, 0.3) is 16.5 Å². The van der Waals surface area contributed by atoms with Crippen LogP contribution in [-0.2, 0) is 11.8 Å². The van der Waals surface area contributed by atoms with Crippen LogP contribution in [0, 0.1) is 13.8 Å². The van der Waals surface area contributed by atoms with Crippen LogP contribution in [0.4, 0.5) is 0 Å². The van der Waals surface area contributed by atoms with Crippen molar-refractivity contribution in [3.63, 3.8) is 0 Å². The number of aryl methyl sites for hydroxylation is 2. The highest BCUT2D eigenvalue weighted by Crippen LogP contribution is 2.27. The Labute approximate surface area is 102 Å². The first-order valence-electron chi connectivity index (χ1n) is 5.74. The molecule has 1 aromatic heterocycles. The van der Waals surface area contributed by atoms with Crippen LogP contribution in [0.2, 0.25) is 0 Å². The number of benzene rings is 1. The van der Waals surface area contributed by atoms with Gasteiger partial charge in [0.25, 0.3) is 0 Å². The molecule has 0 N–H and O–H groups in total. The van der Waals surface area contributed by atoms with Crippen LogP contribution in [0.5, 0.6) is 0 Å². The number of aromatic nitrogens is 1. The Bertz CT molecular complexity index is 617. The molecule has 0 aliphatic heterocycles. The number of aldehydes is 1. The van der Waals surface area contributed by atoms with E-state index in [4.69, 9.17) is 0 Å². The molecule has 0 saturated heterocycles. The van der Waals surface area contributed by atoms with Crippen molar-refractivity contribution in [2.75, 3.05) is 0 Å². The zero-order chi connectivity index (χ0) is 12.6. The molecule has 17 heavy (non-hydrogen) atoms. The molecule has 88 valence electrons. The molecule has 0 bridgehead atoms. The van der Waals surface area contributed by atoms with Crippen LogP contribution in [0.3, 0.4) is 0 Å². The number of hydrogen-bond donors (Lipinski definition) is 0. The van der Waals surface area contributed by atoms with Gasteiger partial charge in [-0.05, 0) is 55.7 Å². The van der Waals surface area contributed by atoms with Crippen LogP contribution in [0.1, 0.15) is 23.7 Å². The lowest BCUT2D eigenvalue weighted by Gasteiger charge is -2.02. The quantitative estimate of drug-likeness (QED) is 0.569. The molecule has 0 unspecified atom stereocenters. The predicted octanol–water partition coefficient (Wildman–Crippen LogP) is 3.40. The lowest BCUT2D eigenvalue weighted by Crippen LogP contribution is -1.90. The maximum atomic E-state index is 10.5. The van der Waals surface area contributed by atoms with E-state index in [2.05, 4.69) is 43.7 Å². The van der Waals surface area contributed by atoms with E-state index in [0.29, 0.717) is 0 Å². The number of allylic oxidation sites excluding steroid dienone is 2. The summed E-state index contributed by atoms with van der Waals surface area (Å²) in [5.41, 5.74) is 5.95. The van der Waals surface area contributed by atoms with Gasteiger partial charge in [-0.1, -0.05) is 6.07 Å². The van der Waals surface area contributed by atoms with Crippen molar-refractivity contribution in [1.82, 2.24) is 4.57 Å². The first kappa shape index (κ1) is 11.6. The monoisotopic (exact) mass is 227 g/mol. The zero-order valence-corrected chi connectivity index (χ0v) is 10.7. The molecule has 0 fully saturated rings. The number of carbonyl (C=O) groups excluding carboxylic acids is 1. The largest absolute Gasteiger partial charge is 0.348 e. The minimum Gasteiger partial charge on any atom is -0.348 e. The summed E-state index contributed by atoms with van der Waals surface area (Å²) in [7, 11) is 2.08. The number of carbonyl (C=O) groups is 1. The third kappa shape index (κ3) is 1.80. The highest BCUT2D eigenvalue weighted by molar-refractivity contribution is 5.90. The summed E-state index contributed by atoms with van der Waals surface area (Å²) in [6.45, 7) is 6.23. The molecule has 2 nitrogen and oxygen atoms in total. The van der Waals surface area contributed by atoms with Crippen LogP contribution in [-0.4, -0.2) is 10.9 Å². The van der Waals surface area contributed by atoms with E-state index in [0.717, 1.165) is 17.4 Å². The average Bonchev–Trinajstić information content (AvgIpc) is 2.55. The second-order valence-electron chi connectivity index (χ2n) is 4.49. The molecule has 0 atom stereocenters. The second kappa shape index (κ2) is 4.21. The molecule has 0 aliphatic rings. The van der Waals surface area contributed by atoms with Gasteiger partial charge in [-0.25, -0.2) is 0 Å². The summed E-state index contributed by atoms with van der Waals surface area (Å²) < 4.78 is 2.20. The van der Waals surface area contributed by atoms with Crippen molar-refractivity contribution in [2.24, 2.45) is 7.05 Å². The average molecular weight is 227 g/mol. The topological polar surface area (TPSA) is 22.0 Å². The molecule has 2 rings (SSSR count). The Hall–Kier alpha value is -1.83. The van der Waals surface area contributed by atoms with Gasteiger partial charge >= 0.3 is 0 Å². The van der Waals surface area contributed by atoms with Gasteiger partial charge in [-0.15, -0.1) is 0 Å².